The summed E-state index contributed by atoms with van der Waals surface area (Å²) in [5, 5.41) is 12.4. The van der Waals surface area contributed by atoms with E-state index >= 15 is 0 Å². The Hall–Kier alpha value is -3.76. The molecule has 4 heteroatoms. The zero-order valence-electron chi connectivity index (χ0n) is 18.7. The molecule has 0 aliphatic carbocycles. The monoisotopic (exact) mass is 506 g/mol. The van der Waals surface area contributed by atoms with Gasteiger partial charge in [0, 0.05) is 45.4 Å². The highest BCUT2D eigenvalue weighted by Gasteiger charge is 2.28. The molecular formula is C30H23BrN2O. The Morgan fingerprint density at radius 2 is 1.56 bits per heavy atom. The Morgan fingerprint density at radius 1 is 0.824 bits per heavy atom. The number of para-hydroxylation sites is 1. The van der Waals surface area contributed by atoms with Gasteiger partial charge in [-0.2, -0.15) is 0 Å². The highest BCUT2D eigenvalue weighted by Crippen LogP contribution is 2.45. The highest BCUT2D eigenvalue weighted by molar-refractivity contribution is 9.10. The van der Waals surface area contributed by atoms with Gasteiger partial charge >= 0.3 is 0 Å². The van der Waals surface area contributed by atoms with Crippen LogP contribution in [0.25, 0.3) is 33.1 Å². The number of nitrogens with zero attached hydrogens (tertiary/aromatic N) is 1. The molecule has 2 heterocycles. The van der Waals surface area contributed by atoms with Gasteiger partial charge < -0.3 is 14.7 Å². The molecule has 0 bridgehead atoms. The van der Waals surface area contributed by atoms with Gasteiger partial charge in [-0.25, -0.2) is 0 Å². The molecule has 6 rings (SSSR count). The zero-order valence-corrected chi connectivity index (χ0v) is 20.3. The lowest BCUT2D eigenvalue weighted by Gasteiger charge is -2.20. The quantitative estimate of drug-likeness (QED) is 0.250. The van der Waals surface area contributed by atoms with E-state index in [9.17, 15) is 5.11 Å². The fourth-order valence-corrected chi connectivity index (χ4v) is 5.54. The Kier molecular flexibility index (Phi) is 5.04. The number of hydrogen-bond acceptors (Lipinski definition) is 1. The van der Waals surface area contributed by atoms with E-state index in [1.165, 1.54) is 38.7 Å². The molecule has 2 N–H and O–H groups in total. The number of rotatable bonds is 4. The van der Waals surface area contributed by atoms with Gasteiger partial charge in [0.1, 0.15) is 5.75 Å². The van der Waals surface area contributed by atoms with Crippen molar-refractivity contribution < 1.29 is 5.11 Å². The molecule has 0 fully saturated rings. The maximum absolute atomic E-state index is 10.0. The first-order valence-corrected chi connectivity index (χ1v) is 12.1. The van der Waals surface area contributed by atoms with Crippen molar-refractivity contribution in [1.29, 1.82) is 0 Å². The molecule has 0 saturated heterocycles. The smallest absolute Gasteiger partial charge is 0.115 e. The van der Waals surface area contributed by atoms with Crippen LogP contribution in [0.2, 0.25) is 0 Å². The molecule has 3 nitrogen and oxygen atoms in total. The second kappa shape index (κ2) is 8.23. The second-order valence-electron chi connectivity index (χ2n) is 8.66. The van der Waals surface area contributed by atoms with Crippen LogP contribution < -0.4 is 0 Å². The average Bonchev–Trinajstić information content (AvgIpc) is 3.40. The van der Waals surface area contributed by atoms with E-state index < -0.39 is 0 Å². The number of hydrogen-bond donors (Lipinski definition) is 2. The minimum atomic E-state index is -0.0371. The number of aromatic hydroxyl groups is 1. The first-order chi connectivity index (χ1) is 16.6. The molecule has 0 spiro atoms. The number of aromatic amines is 1. The molecule has 0 saturated carbocycles. The minimum absolute atomic E-state index is 0.0371. The molecule has 0 aliphatic rings. The number of phenolic OH excluding ortho intramolecular Hbond substituents is 1. The topological polar surface area (TPSA) is 41.0 Å². The van der Waals surface area contributed by atoms with E-state index in [1.54, 1.807) is 12.1 Å². The first kappa shape index (κ1) is 20.8. The summed E-state index contributed by atoms with van der Waals surface area (Å²) in [7, 11) is 2.15. The number of aromatic nitrogens is 2. The van der Waals surface area contributed by atoms with E-state index in [0.717, 1.165) is 15.6 Å². The van der Waals surface area contributed by atoms with Crippen molar-refractivity contribution >= 4 is 37.7 Å². The maximum Gasteiger partial charge on any atom is 0.115 e. The molecule has 2 aromatic heterocycles. The molecule has 0 amide bonds. The van der Waals surface area contributed by atoms with Crippen molar-refractivity contribution in [1.82, 2.24) is 9.55 Å². The van der Waals surface area contributed by atoms with Crippen molar-refractivity contribution in [2.24, 2.45) is 7.05 Å². The molecule has 0 radical (unpaired) electrons. The maximum atomic E-state index is 10.0. The summed E-state index contributed by atoms with van der Waals surface area (Å²) in [6, 6.07) is 33.2. The van der Waals surface area contributed by atoms with Gasteiger partial charge in [-0.1, -0.05) is 76.6 Å². The summed E-state index contributed by atoms with van der Waals surface area (Å²) in [4.78, 5) is 3.48. The number of halogens is 1. The van der Waals surface area contributed by atoms with Gasteiger partial charge in [-0.05, 0) is 58.7 Å². The Bertz CT molecular complexity index is 1630. The van der Waals surface area contributed by atoms with Gasteiger partial charge in [0.15, 0.2) is 0 Å². The number of nitrogens with one attached hydrogen (secondary N) is 1. The van der Waals surface area contributed by atoms with Crippen LogP contribution in [0.4, 0.5) is 0 Å². The third-order valence-corrected chi connectivity index (χ3v) is 7.19. The van der Waals surface area contributed by atoms with Crippen LogP contribution in [0.15, 0.2) is 108 Å². The predicted molar refractivity (Wildman–Crippen MR) is 143 cm³/mol. The predicted octanol–water partition coefficient (Wildman–Crippen LogP) is 7.97. The van der Waals surface area contributed by atoms with Crippen molar-refractivity contribution in [3.05, 3.63) is 124 Å². The van der Waals surface area contributed by atoms with Crippen molar-refractivity contribution in [3.8, 4) is 17.0 Å². The van der Waals surface area contributed by atoms with Gasteiger partial charge in [-0.15, -0.1) is 0 Å². The van der Waals surface area contributed by atoms with Crippen molar-refractivity contribution in [2.45, 2.75) is 5.92 Å². The molecular weight excluding hydrogens is 484 g/mol. The number of phenols is 1. The van der Waals surface area contributed by atoms with E-state index in [-0.39, 0.29) is 11.7 Å². The molecule has 1 atom stereocenters. The third-order valence-electron chi connectivity index (χ3n) is 6.70. The first-order valence-electron chi connectivity index (χ1n) is 11.3. The molecule has 34 heavy (non-hydrogen) atoms. The average molecular weight is 507 g/mol. The third kappa shape index (κ3) is 3.34. The summed E-state index contributed by atoms with van der Waals surface area (Å²) in [5.41, 5.74) is 8.27. The van der Waals surface area contributed by atoms with Crippen LogP contribution in [0.3, 0.4) is 0 Å². The van der Waals surface area contributed by atoms with Gasteiger partial charge in [0.2, 0.25) is 0 Å². The fraction of sp³-hybridized carbons (Fsp3) is 0.0667. The van der Waals surface area contributed by atoms with Gasteiger partial charge in [0.25, 0.3) is 0 Å². The van der Waals surface area contributed by atoms with Crippen LogP contribution in [0.5, 0.6) is 5.75 Å². The zero-order chi connectivity index (χ0) is 23.2. The van der Waals surface area contributed by atoms with Crippen LogP contribution >= 0.6 is 15.9 Å². The summed E-state index contributed by atoms with van der Waals surface area (Å²) in [6.45, 7) is 0. The number of fused-ring (bicyclic) bond motifs is 2. The molecule has 4 aromatic carbocycles. The number of aryl methyl sites for hydroxylation is 1. The van der Waals surface area contributed by atoms with E-state index in [4.69, 9.17) is 0 Å². The fourth-order valence-electron chi connectivity index (χ4n) is 5.18. The Morgan fingerprint density at radius 3 is 2.35 bits per heavy atom. The lowest BCUT2D eigenvalue weighted by atomic mass is 9.82. The van der Waals surface area contributed by atoms with Crippen LogP contribution in [0.1, 0.15) is 22.6 Å². The molecule has 6 aromatic rings. The summed E-state index contributed by atoms with van der Waals surface area (Å²) < 4.78 is 3.35. The van der Waals surface area contributed by atoms with E-state index in [2.05, 4.69) is 112 Å². The summed E-state index contributed by atoms with van der Waals surface area (Å²) in [6.07, 6.45) is 2.13. The molecule has 166 valence electrons. The SMILES string of the molecule is Cn1c(-c2ccccc2)c(C(c2ccc(O)cc2)c2c[nH]c3ccc(Br)cc23)c2ccccc21. The van der Waals surface area contributed by atoms with Crippen molar-refractivity contribution in [2.75, 3.05) is 0 Å². The lowest BCUT2D eigenvalue weighted by molar-refractivity contribution is 0.475. The minimum Gasteiger partial charge on any atom is -0.508 e. The lowest BCUT2D eigenvalue weighted by Crippen LogP contribution is -2.05. The van der Waals surface area contributed by atoms with Gasteiger partial charge in [0.05, 0.1) is 5.69 Å². The second-order valence-corrected chi connectivity index (χ2v) is 9.58. The Balaban J connectivity index is 1.74. The largest absolute Gasteiger partial charge is 0.508 e. The Labute approximate surface area is 206 Å². The van der Waals surface area contributed by atoms with Crippen LogP contribution in [-0.4, -0.2) is 14.7 Å². The molecule has 0 aliphatic heterocycles. The summed E-state index contributed by atoms with van der Waals surface area (Å²) >= 11 is 3.67. The highest BCUT2D eigenvalue weighted by atomic mass is 79.9. The normalized spacial score (nSPS) is 12.4. The standard InChI is InChI=1S/C30H23BrN2O/c1-33-27-10-6-5-9-23(27)29(30(33)20-7-3-2-4-8-20)28(19-11-14-22(34)15-12-19)25-18-32-26-16-13-21(31)17-24(25)26/h2-18,28,32,34H,1H3. The molecule has 1 unspecified atom stereocenters. The van der Waals surface area contributed by atoms with E-state index in [1.807, 2.05) is 12.1 Å². The van der Waals surface area contributed by atoms with Gasteiger partial charge in [-0.3, -0.25) is 0 Å². The number of H-pyrrole nitrogens is 1. The summed E-state index contributed by atoms with van der Waals surface area (Å²) in [5.74, 6) is 0.232. The van der Waals surface area contributed by atoms with E-state index in [0.29, 0.717) is 0 Å². The van der Waals surface area contributed by atoms with Crippen molar-refractivity contribution in [3.63, 3.8) is 0 Å². The van der Waals surface area contributed by atoms with Crippen LogP contribution in [0, 0.1) is 0 Å². The number of benzene rings is 4. The van der Waals surface area contributed by atoms with Crippen LogP contribution in [-0.2, 0) is 7.05 Å².